The number of nitrogens with one attached hydrogen (secondary N) is 1. The number of rotatable bonds is 4. The number of carbonyl (C=O) groups is 2. The van der Waals surface area contributed by atoms with E-state index in [4.69, 9.17) is 0 Å². The Morgan fingerprint density at radius 1 is 1.10 bits per heavy atom. The Labute approximate surface area is 180 Å². The topological polar surface area (TPSA) is 99.8 Å². The zero-order valence-corrected chi connectivity index (χ0v) is 17.8. The van der Waals surface area contributed by atoms with Crippen LogP contribution in [0.1, 0.15) is 43.6 Å². The van der Waals surface area contributed by atoms with Crippen molar-refractivity contribution in [3.05, 3.63) is 34.2 Å². The number of carbonyl (C=O) groups excluding carboxylic acids is 2. The summed E-state index contributed by atoms with van der Waals surface area (Å²) < 4.78 is 2.75. The Balaban J connectivity index is 1.46. The molecule has 9 heteroatoms. The number of para-hydroxylation sites is 1. The van der Waals surface area contributed by atoms with Crippen LogP contribution in [0.5, 0.6) is 0 Å². The monoisotopic (exact) mass is 427 g/mol. The van der Waals surface area contributed by atoms with Crippen LogP contribution in [0.2, 0.25) is 0 Å². The van der Waals surface area contributed by atoms with E-state index < -0.39 is 11.3 Å². The summed E-state index contributed by atoms with van der Waals surface area (Å²) in [6.45, 7) is 4.44. The number of aryl methyl sites for hydroxylation is 1. The van der Waals surface area contributed by atoms with Crippen LogP contribution in [0, 0.1) is 0 Å². The molecule has 3 heterocycles. The van der Waals surface area contributed by atoms with Crippen LogP contribution in [0.15, 0.2) is 23.0 Å². The average molecular weight is 428 g/mol. The van der Waals surface area contributed by atoms with E-state index >= 15 is 0 Å². The van der Waals surface area contributed by atoms with Gasteiger partial charge in [0, 0.05) is 52.6 Å². The Bertz CT molecular complexity index is 1080. The van der Waals surface area contributed by atoms with Gasteiger partial charge in [-0.25, -0.2) is 4.79 Å². The van der Waals surface area contributed by atoms with Crippen LogP contribution in [0.4, 0.5) is 0 Å². The molecule has 0 bridgehead atoms. The highest BCUT2D eigenvalue weighted by molar-refractivity contribution is 6.11. The molecular weight excluding hydrogens is 398 g/mol. The average Bonchev–Trinajstić information content (AvgIpc) is 2.98. The number of nitrogens with zero attached hydrogens (tertiary/aromatic N) is 4. The normalized spacial score (nSPS) is 27.7. The summed E-state index contributed by atoms with van der Waals surface area (Å²) in [6.07, 6.45) is 2.31. The number of amides is 2. The maximum absolute atomic E-state index is 13.1. The lowest BCUT2D eigenvalue weighted by molar-refractivity contribution is -0.131. The van der Waals surface area contributed by atoms with Crippen molar-refractivity contribution in [2.75, 3.05) is 37.7 Å². The summed E-state index contributed by atoms with van der Waals surface area (Å²) >= 11 is 0. The predicted molar refractivity (Wildman–Crippen MR) is 115 cm³/mol. The molecule has 1 aromatic heterocycles. The highest BCUT2D eigenvalue weighted by Gasteiger charge is 2.45. The molecule has 0 radical (unpaired) electrons. The van der Waals surface area contributed by atoms with Crippen molar-refractivity contribution in [1.29, 1.82) is 0 Å². The Hall–Kier alpha value is -2.49. The van der Waals surface area contributed by atoms with E-state index in [0.29, 0.717) is 31.3 Å². The number of imidazole rings is 1. The van der Waals surface area contributed by atoms with Gasteiger partial charge in [-0.1, -0.05) is 12.1 Å². The van der Waals surface area contributed by atoms with E-state index in [2.05, 4.69) is 10.2 Å². The van der Waals surface area contributed by atoms with E-state index in [1.165, 1.54) is 9.24 Å². The van der Waals surface area contributed by atoms with Crippen molar-refractivity contribution in [2.45, 2.75) is 43.6 Å². The van der Waals surface area contributed by atoms with Gasteiger partial charge in [-0.2, -0.15) is 9.69 Å². The third-order valence-corrected chi connectivity index (χ3v) is 6.95. The summed E-state index contributed by atoms with van der Waals surface area (Å²) in [5, 5.41) is 15.4. The Morgan fingerprint density at radius 3 is 2.45 bits per heavy atom. The van der Waals surface area contributed by atoms with Crippen LogP contribution in [0.3, 0.4) is 0 Å². The molecule has 0 spiro atoms. The van der Waals surface area contributed by atoms with Crippen LogP contribution in [-0.2, 0) is 16.6 Å². The first-order chi connectivity index (χ1) is 14.9. The zero-order valence-electron chi connectivity index (χ0n) is 17.8. The van der Waals surface area contributed by atoms with Crippen molar-refractivity contribution >= 4 is 22.8 Å². The summed E-state index contributed by atoms with van der Waals surface area (Å²) in [5.41, 5.74) is 1.16. The molecule has 0 atom stereocenters. The number of aromatic nitrogens is 2. The van der Waals surface area contributed by atoms with Crippen LogP contribution in [0.25, 0.3) is 11.0 Å². The smallest absolute Gasteiger partial charge is 0.348 e. The number of piperidine rings is 1. The molecule has 1 saturated carbocycles. The number of benzene rings is 1. The molecule has 0 unspecified atom stereocenters. The van der Waals surface area contributed by atoms with Gasteiger partial charge in [0.1, 0.15) is 0 Å². The van der Waals surface area contributed by atoms with Gasteiger partial charge >= 0.3 is 5.69 Å². The third-order valence-electron chi connectivity index (χ3n) is 6.95. The quantitative estimate of drug-likeness (QED) is 0.668. The molecule has 166 valence electrons. The third kappa shape index (κ3) is 3.40. The van der Waals surface area contributed by atoms with Gasteiger partial charge in [-0.3, -0.25) is 19.1 Å². The molecule has 3 aliphatic rings. The maximum atomic E-state index is 13.1. The molecule has 1 aromatic carbocycles. The molecule has 1 aliphatic carbocycles. The molecule has 31 heavy (non-hydrogen) atoms. The molecular formula is C22H29N5O4. The van der Waals surface area contributed by atoms with E-state index in [1.54, 1.807) is 13.1 Å². The van der Waals surface area contributed by atoms with Crippen LogP contribution >= 0.6 is 0 Å². The minimum Gasteiger partial charge on any atom is -0.389 e. The Morgan fingerprint density at radius 2 is 1.77 bits per heavy atom. The fourth-order valence-electron chi connectivity index (χ4n) is 5.41. The summed E-state index contributed by atoms with van der Waals surface area (Å²) in [4.78, 5) is 40.3. The zero-order chi connectivity index (χ0) is 21.8. The van der Waals surface area contributed by atoms with Crippen molar-refractivity contribution in [3.8, 4) is 0 Å². The van der Waals surface area contributed by atoms with E-state index in [1.807, 2.05) is 12.1 Å². The summed E-state index contributed by atoms with van der Waals surface area (Å²) in [6, 6.07) is 5.63. The first kappa shape index (κ1) is 20.4. The van der Waals surface area contributed by atoms with Crippen LogP contribution in [-0.4, -0.2) is 69.4 Å². The van der Waals surface area contributed by atoms with Gasteiger partial charge in [0.2, 0.25) is 11.8 Å². The number of piperazine rings is 1. The fraction of sp³-hybridized carbons (Fsp3) is 0.591. The van der Waals surface area contributed by atoms with Gasteiger partial charge in [0.05, 0.1) is 16.6 Å². The molecule has 2 aromatic rings. The predicted octanol–water partition coefficient (Wildman–Crippen LogP) is 0.0288. The van der Waals surface area contributed by atoms with E-state index in [9.17, 15) is 19.5 Å². The second-order valence-electron chi connectivity index (χ2n) is 9.18. The van der Waals surface area contributed by atoms with Crippen molar-refractivity contribution in [3.63, 3.8) is 0 Å². The number of hydrogen-bond donors (Lipinski definition) is 2. The summed E-state index contributed by atoms with van der Waals surface area (Å²) in [5.74, 6) is -0.554. The molecule has 2 N–H and O–H groups in total. The van der Waals surface area contributed by atoms with E-state index in [0.717, 1.165) is 42.3 Å². The van der Waals surface area contributed by atoms with Crippen molar-refractivity contribution < 1.29 is 14.7 Å². The number of hydrogen-bond acceptors (Lipinski definition) is 6. The lowest BCUT2D eigenvalue weighted by atomic mass is 9.67. The molecule has 2 amide bonds. The lowest BCUT2D eigenvalue weighted by Crippen LogP contribution is -2.55. The molecule has 2 saturated heterocycles. The standard InChI is InChI=1S/C22H29N5O4/c1-24-20-16(15-12-22(31,13-15)14-25-10-8-23-9-11-25)4-2-5-17(20)26(21(24)30)27-18(28)6-3-7-19(27)29/h2,4-5,15,23,31H,3,6-14H2,1H3. The number of β-amino-alcohol motifs (C(OH)–C–C–N with tert-alkyl or cyclic N) is 1. The molecule has 5 rings (SSSR count). The minimum atomic E-state index is -0.718. The second kappa shape index (κ2) is 7.58. The van der Waals surface area contributed by atoms with Gasteiger partial charge in [0.15, 0.2) is 0 Å². The van der Waals surface area contributed by atoms with Gasteiger partial charge in [-0.05, 0) is 36.8 Å². The molecule has 2 aliphatic heterocycles. The lowest BCUT2D eigenvalue weighted by Gasteiger charge is -2.47. The van der Waals surface area contributed by atoms with Gasteiger partial charge in [-0.15, -0.1) is 0 Å². The first-order valence-electron chi connectivity index (χ1n) is 11.1. The minimum absolute atomic E-state index is 0.130. The van der Waals surface area contributed by atoms with Crippen molar-refractivity contribution in [1.82, 2.24) is 19.5 Å². The Kier molecular flexibility index (Phi) is 4.99. The highest BCUT2D eigenvalue weighted by atomic mass is 16.3. The van der Waals surface area contributed by atoms with E-state index in [-0.39, 0.29) is 30.6 Å². The largest absolute Gasteiger partial charge is 0.389 e. The van der Waals surface area contributed by atoms with Crippen LogP contribution < -0.4 is 16.0 Å². The van der Waals surface area contributed by atoms with Crippen molar-refractivity contribution in [2.24, 2.45) is 7.05 Å². The maximum Gasteiger partial charge on any atom is 0.348 e. The number of imide groups is 1. The molecule has 9 nitrogen and oxygen atoms in total. The second-order valence-corrected chi connectivity index (χ2v) is 9.18. The van der Waals surface area contributed by atoms with Gasteiger partial charge < -0.3 is 10.4 Å². The number of aliphatic hydroxyl groups is 1. The summed E-state index contributed by atoms with van der Waals surface area (Å²) in [7, 11) is 1.68. The highest BCUT2D eigenvalue weighted by Crippen LogP contribution is 2.46. The SMILES string of the molecule is Cn1c(=O)n(N2C(=O)CCCC2=O)c2cccc(C3CC(O)(CN4CCNCC4)C3)c21. The molecule has 3 fully saturated rings. The first-order valence-corrected chi connectivity index (χ1v) is 11.1. The van der Waals surface area contributed by atoms with Gasteiger partial charge in [0.25, 0.3) is 0 Å². The fourth-order valence-corrected chi connectivity index (χ4v) is 5.41. The number of fused-ring (bicyclic) bond motifs is 1.